The molecule has 1 aromatic rings. The molecular weight excluding hydrogens is 272 g/mol. The van der Waals surface area contributed by atoms with Crippen LogP contribution in [0.1, 0.15) is 35.4 Å². The van der Waals surface area contributed by atoms with Crippen LogP contribution in [0.2, 0.25) is 5.02 Å². The lowest BCUT2D eigenvalue weighted by atomic mass is 10.0. The Labute approximate surface area is 115 Å². The van der Waals surface area contributed by atoms with Crippen LogP contribution in [0, 0.1) is 0 Å². The van der Waals surface area contributed by atoms with Crippen molar-refractivity contribution in [1.29, 1.82) is 0 Å². The Bertz CT molecular complexity index is 460. The molecule has 0 radical (unpaired) electrons. The van der Waals surface area contributed by atoms with Gasteiger partial charge in [0.1, 0.15) is 6.10 Å². The van der Waals surface area contributed by atoms with Crippen LogP contribution in [0.15, 0.2) is 18.2 Å². The van der Waals surface area contributed by atoms with Crippen molar-refractivity contribution in [2.75, 3.05) is 6.61 Å². The third-order valence-corrected chi connectivity index (χ3v) is 2.88. The minimum atomic E-state index is -1.31. The topological polar surface area (TPSA) is 83.8 Å². The molecule has 0 saturated heterocycles. The van der Waals surface area contributed by atoms with Crippen molar-refractivity contribution in [3.8, 4) is 0 Å². The summed E-state index contributed by atoms with van der Waals surface area (Å²) in [5.74, 6) is -0.598. The average molecular weight is 287 g/mol. The van der Waals surface area contributed by atoms with Crippen LogP contribution in [0.4, 0.5) is 0 Å². The van der Waals surface area contributed by atoms with E-state index in [9.17, 15) is 19.8 Å². The highest BCUT2D eigenvalue weighted by Gasteiger charge is 2.22. The molecule has 0 aromatic heterocycles. The average Bonchev–Trinajstić information content (AvgIpc) is 2.38. The fourth-order valence-electron chi connectivity index (χ4n) is 1.56. The van der Waals surface area contributed by atoms with Crippen molar-refractivity contribution >= 4 is 23.9 Å². The first-order valence-electron chi connectivity index (χ1n) is 5.76. The maximum absolute atomic E-state index is 11.2. The van der Waals surface area contributed by atoms with E-state index in [1.54, 1.807) is 6.92 Å². The number of hydrogen-bond donors (Lipinski definition) is 2. The van der Waals surface area contributed by atoms with Gasteiger partial charge in [0.05, 0.1) is 24.2 Å². The number of ether oxygens (including phenoxy) is 1. The molecule has 0 amide bonds. The van der Waals surface area contributed by atoms with Crippen molar-refractivity contribution < 1.29 is 24.5 Å². The molecule has 0 spiro atoms. The van der Waals surface area contributed by atoms with Crippen LogP contribution in [-0.2, 0) is 9.53 Å². The monoisotopic (exact) mass is 286 g/mol. The molecular formula is C13H15ClO5. The lowest BCUT2D eigenvalue weighted by molar-refractivity contribution is -0.147. The second kappa shape index (κ2) is 7.23. The second-order valence-corrected chi connectivity index (χ2v) is 4.33. The molecule has 0 aliphatic heterocycles. The number of carbonyl (C=O) groups is 2. The molecule has 1 aromatic carbocycles. The van der Waals surface area contributed by atoms with Crippen molar-refractivity contribution in [3.63, 3.8) is 0 Å². The number of carbonyl (C=O) groups excluding carboxylic acids is 2. The molecule has 0 heterocycles. The molecule has 1 rings (SSSR count). The predicted molar refractivity (Wildman–Crippen MR) is 69.1 cm³/mol. The number of benzene rings is 1. The van der Waals surface area contributed by atoms with Gasteiger partial charge in [0.15, 0.2) is 6.29 Å². The summed E-state index contributed by atoms with van der Waals surface area (Å²) in [5.41, 5.74) is 0.518. The number of halogens is 1. The van der Waals surface area contributed by atoms with Crippen molar-refractivity contribution in [3.05, 3.63) is 34.3 Å². The summed E-state index contributed by atoms with van der Waals surface area (Å²) in [6.45, 7) is 1.86. The molecule has 2 atom stereocenters. The summed E-state index contributed by atoms with van der Waals surface area (Å²) in [4.78, 5) is 21.9. The number of aldehydes is 1. The number of aliphatic hydroxyl groups is 2. The van der Waals surface area contributed by atoms with Crippen LogP contribution in [0.3, 0.4) is 0 Å². The normalized spacial score (nSPS) is 13.7. The van der Waals surface area contributed by atoms with Crippen LogP contribution in [0.25, 0.3) is 0 Å². The van der Waals surface area contributed by atoms with E-state index >= 15 is 0 Å². The summed E-state index contributed by atoms with van der Waals surface area (Å²) in [6, 6.07) is 4.30. The molecule has 0 saturated carbocycles. The largest absolute Gasteiger partial charge is 0.466 e. The van der Waals surface area contributed by atoms with Gasteiger partial charge in [-0.25, -0.2) is 0 Å². The zero-order valence-electron chi connectivity index (χ0n) is 10.4. The van der Waals surface area contributed by atoms with Crippen LogP contribution >= 0.6 is 11.6 Å². The standard InChI is InChI=1S/C13H15ClO5/c1-2-19-12(17)6-11(16)13(18)8-3-4-10(14)9(5-8)7-15/h3-5,7,11,13,16,18H,2,6H2,1H3. The fourth-order valence-corrected chi connectivity index (χ4v) is 1.72. The second-order valence-electron chi connectivity index (χ2n) is 3.92. The first kappa shape index (κ1) is 15.6. The number of rotatable bonds is 6. The van der Waals surface area contributed by atoms with E-state index in [4.69, 9.17) is 11.6 Å². The van der Waals surface area contributed by atoms with E-state index in [-0.39, 0.29) is 23.6 Å². The summed E-state index contributed by atoms with van der Waals surface area (Å²) in [6.07, 6.45) is -2.37. The van der Waals surface area contributed by atoms with Gasteiger partial charge in [-0.3, -0.25) is 9.59 Å². The molecule has 0 fully saturated rings. The van der Waals surface area contributed by atoms with Gasteiger partial charge in [0.2, 0.25) is 0 Å². The van der Waals surface area contributed by atoms with Gasteiger partial charge in [-0.15, -0.1) is 0 Å². The van der Waals surface area contributed by atoms with Gasteiger partial charge in [0.25, 0.3) is 0 Å². The summed E-state index contributed by atoms with van der Waals surface area (Å²) in [5, 5.41) is 19.9. The van der Waals surface area contributed by atoms with Crippen molar-refractivity contribution in [2.24, 2.45) is 0 Å². The molecule has 0 bridgehead atoms. The van der Waals surface area contributed by atoms with E-state index in [0.29, 0.717) is 11.8 Å². The summed E-state index contributed by atoms with van der Waals surface area (Å²) < 4.78 is 4.68. The number of hydrogen-bond acceptors (Lipinski definition) is 5. The Morgan fingerprint density at radius 1 is 1.47 bits per heavy atom. The third-order valence-electron chi connectivity index (χ3n) is 2.53. The minimum absolute atomic E-state index is 0.206. The molecule has 2 unspecified atom stereocenters. The van der Waals surface area contributed by atoms with Crippen molar-refractivity contribution in [1.82, 2.24) is 0 Å². The molecule has 19 heavy (non-hydrogen) atoms. The van der Waals surface area contributed by atoms with Crippen molar-refractivity contribution in [2.45, 2.75) is 25.6 Å². The Morgan fingerprint density at radius 3 is 2.74 bits per heavy atom. The molecule has 104 valence electrons. The Balaban J connectivity index is 2.79. The van der Waals surface area contributed by atoms with E-state index in [1.807, 2.05) is 0 Å². The van der Waals surface area contributed by atoms with Gasteiger partial charge in [0, 0.05) is 5.56 Å². The highest BCUT2D eigenvalue weighted by molar-refractivity contribution is 6.32. The Hall–Kier alpha value is -1.43. The Morgan fingerprint density at radius 2 is 2.16 bits per heavy atom. The zero-order chi connectivity index (χ0) is 14.4. The zero-order valence-corrected chi connectivity index (χ0v) is 11.1. The first-order chi connectivity index (χ1) is 8.99. The SMILES string of the molecule is CCOC(=O)CC(O)C(O)c1ccc(Cl)c(C=O)c1. The van der Waals surface area contributed by atoms with E-state index < -0.39 is 18.2 Å². The molecule has 6 heteroatoms. The highest BCUT2D eigenvalue weighted by Crippen LogP contribution is 2.23. The lowest BCUT2D eigenvalue weighted by Gasteiger charge is -2.18. The van der Waals surface area contributed by atoms with Gasteiger partial charge < -0.3 is 14.9 Å². The maximum atomic E-state index is 11.2. The third kappa shape index (κ3) is 4.31. The molecule has 5 nitrogen and oxygen atoms in total. The number of aliphatic hydroxyl groups excluding tert-OH is 2. The maximum Gasteiger partial charge on any atom is 0.308 e. The van der Waals surface area contributed by atoms with E-state index in [2.05, 4.69) is 4.74 Å². The fraction of sp³-hybridized carbons (Fsp3) is 0.385. The first-order valence-corrected chi connectivity index (χ1v) is 6.13. The van der Waals surface area contributed by atoms with E-state index in [1.165, 1.54) is 18.2 Å². The lowest BCUT2D eigenvalue weighted by Crippen LogP contribution is -2.23. The van der Waals surface area contributed by atoms with Gasteiger partial charge in [-0.05, 0) is 24.6 Å². The number of esters is 1. The highest BCUT2D eigenvalue weighted by atomic mass is 35.5. The quantitative estimate of drug-likeness (QED) is 0.611. The smallest absolute Gasteiger partial charge is 0.308 e. The Kier molecular flexibility index (Phi) is 5.95. The minimum Gasteiger partial charge on any atom is -0.466 e. The molecule has 2 N–H and O–H groups in total. The van der Waals surface area contributed by atoms with E-state index in [0.717, 1.165) is 0 Å². The summed E-state index contributed by atoms with van der Waals surface area (Å²) in [7, 11) is 0. The summed E-state index contributed by atoms with van der Waals surface area (Å²) >= 11 is 5.76. The van der Waals surface area contributed by atoms with Gasteiger partial charge in [-0.1, -0.05) is 17.7 Å². The van der Waals surface area contributed by atoms with Crippen LogP contribution in [-0.4, -0.2) is 35.2 Å². The van der Waals surface area contributed by atoms with Gasteiger partial charge in [-0.2, -0.15) is 0 Å². The van der Waals surface area contributed by atoms with Gasteiger partial charge >= 0.3 is 5.97 Å². The molecule has 0 aliphatic carbocycles. The van der Waals surface area contributed by atoms with Crippen LogP contribution < -0.4 is 0 Å². The van der Waals surface area contributed by atoms with Crippen LogP contribution in [0.5, 0.6) is 0 Å². The molecule has 0 aliphatic rings. The predicted octanol–water partition coefficient (Wildman–Crippen LogP) is 1.50.